The first-order valence-corrected chi connectivity index (χ1v) is 10.5. The monoisotopic (exact) mass is 449 g/mol. The summed E-state index contributed by atoms with van der Waals surface area (Å²) in [5, 5.41) is 4.18. The molecule has 2 aliphatic rings. The number of hydrogen-bond donors (Lipinski definition) is 1. The maximum absolute atomic E-state index is 6.53. The average Bonchev–Trinajstić information content (AvgIpc) is 3.33. The third-order valence-electron chi connectivity index (χ3n) is 5.13. The summed E-state index contributed by atoms with van der Waals surface area (Å²) in [7, 11) is 3.90. The van der Waals surface area contributed by atoms with Gasteiger partial charge in [-0.1, -0.05) is 29.3 Å². The van der Waals surface area contributed by atoms with Gasteiger partial charge >= 0.3 is 0 Å². The molecule has 0 saturated carbocycles. The fourth-order valence-corrected chi connectivity index (χ4v) is 4.17. The first-order chi connectivity index (χ1) is 14.5. The lowest BCUT2D eigenvalue weighted by Crippen LogP contribution is -2.41. The van der Waals surface area contributed by atoms with E-state index in [9.17, 15) is 0 Å². The Balaban J connectivity index is 1.49. The van der Waals surface area contributed by atoms with E-state index in [2.05, 4.69) is 15.1 Å². The number of anilines is 1. The molecule has 0 spiro atoms. The lowest BCUT2D eigenvalue weighted by Gasteiger charge is -2.33. The summed E-state index contributed by atoms with van der Waals surface area (Å²) in [6.45, 7) is 2.03. The first-order valence-electron chi connectivity index (χ1n) is 9.78. The van der Waals surface area contributed by atoms with Crippen molar-refractivity contribution in [2.75, 3.05) is 45.8 Å². The van der Waals surface area contributed by atoms with E-state index in [1.165, 1.54) is 0 Å². The van der Waals surface area contributed by atoms with Crippen LogP contribution in [0.15, 0.2) is 54.9 Å². The smallest absolute Gasteiger partial charge is 0.215 e. The maximum atomic E-state index is 6.53. The summed E-state index contributed by atoms with van der Waals surface area (Å²) in [6.07, 6.45) is 3.80. The lowest BCUT2D eigenvalue weighted by atomic mass is 10.1. The second-order valence-electron chi connectivity index (χ2n) is 7.46. The van der Waals surface area contributed by atoms with Crippen LogP contribution in [0.5, 0.6) is 5.75 Å². The minimum Gasteiger partial charge on any atom is -0.491 e. The Morgan fingerprint density at radius 1 is 1.17 bits per heavy atom. The molecule has 0 radical (unpaired) electrons. The van der Waals surface area contributed by atoms with Gasteiger partial charge < -0.3 is 29.3 Å². The summed E-state index contributed by atoms with van der Waals surface area (Å²) in [6, 6.07) is 13.2. The zero-order valence-electron chi connectivity index (χ0n) is 17.0. The van der Waals surface area contributed by atoms with E-state index >= 15 is 0 Å². The van der Waals surface area contributed by atoms with Crippen molar-refractivity contribution in [3.63, 3.8) is 0 Å². The summed E-state index contributed by atoms with van der Waals surface area (Å²) in [5.41, 5.74) is 1.79. The van der Waals surface area contributed by atoms with Crippen LogP contribution in [0, 0.1) is 0 Å². The Bertz CT molecular complexity index is 909. The van der Waals surface area contributed by atoms with Crippen molar-refractivity contribution in [3.8, 4) is 5.75 Å². The van der Waals surface area contributed by atoms with Crippen molar-refractivity contribution >= 4 is 28.9 Å². The normalized spacial score (nSPS) is 23.3. The average molecular weight is 450 g/mol. The fraction of sp³-hybridized carbons (Fsp3) is 0.364. The van der Waals surface area contributed by atoms with Crippen molar-refractivity contribution in [2.45, 2.75) is 11.9 Å². The molecule has 0 unspecified atom stereocenters. The first kappa shape index (κ1) is 21.1. The topological polar surface area (TPSA) is 46.2 Å². The van der Waals surface area contributed by atoms with Gasteiger partial charge in [0.2, 0.25) is 5.79 Å². The van der Waals surface area contributed by atoms with E-state index in [0.29, 0.717) is 29.8 Å². The van der Waals surface area contributed by atoms with Crippen LogP contribution in [0.4, 0.5) is 5.69 Å². The van der Waals surface area contributed by atoms with E-state index in [0.717, 1.165) is 23.7 Å². The summed E-state index contributed by atoms with van der Waals surface area (Å²) >= 11 is 12.6. The van der Waals surface area contributed by atoms with Crippen LogP contribution < -0.4 is 10.1 Å². The molecule has 160 valence electrons. The number of nitrogens with one attached hydrogen (secondary N) is 1. The van der Waals surface area contributed by atoms with E-state index in [1.54, 1.807) is 12.1 Å². The fourth-order valence-electron chi connectivity index (χ4n) is 3.62. The molecule has 0 bridgehead atoms. The molecule has 8 heteroatoms. The molecule has 0 aromatic heterocycles. The Morgan fingerprint density at radius 3 is 2.63 bits per heavy atom. The predicted molar refractivity (Wildman–Crippen MR) is 119 cm³/mol. The molecule has 1 N–H and O–H groups in total. The summed E-state index contributed by atoms with van der Waals surface area (Å²) in [4.78, 5) is 4.21. The molecule has 30 heavy (non-hydrogen) atoms. The van der Waals surface area contributed by atoms with Crippen LogP contribution in [-0.4, -0.2) is 56.4 Å². The van der Waals surface area contributed by atoms with Gasteiger partial charge in [0.15, 0.2) is 0 Å². The Hall–Kier alpha value is -2.12. The van der Waals surface area contributed by atoms with Crippen molar-refractivity contribution in [1.29, 1.82) is 0 Å². The Morgan fingerprint density at radius 2 is 1.97 bits per heavy atom. The van der Waals surface area contributed by atoms with Gasteiger partial charge in [-0.2, -0.15) is 0 Å². The van der Waals surface area contributed by atoms with Crippen molar-refractivity contribution < 1.29 is 14.2 Å². The molecular weight excluding hydrogens is 425 g/mol. The second kappa shape index (κ2) is 8.94. The third-order valence-corrected chi connectivity index (χ3v) is 5.68. The number of benzene rings is 2. The number of halogens is 2. The zero-order chi connectivity index (χ0) is 21.1. The van der Waals surface area contributed by atoms with E-state index in [1.807, 2.05) is 56.8 Å². The highest BCUT2D eigenvalue weighted by atomic mass is 35.5. The highest BCUT2D eigenvalue weighted by molar-refractivity contribution is 6.35. The minimum absolute atomic E-state index is 0.231. The minimum atomic E-state index is -0.999. The van der Waals surface area contributed by atoms with Gasteiger partial charge in [-0.05, 0) is 36.4 Å². The van der Waals surface area contributed by atoms with Gasteiger partial charge in [0.05, 0.1) is 24.8 Å². The van der Waals surface area contributed by atoms with Crippen LogP contribution in [0.1, 0.15) is 5.56 Å². The Kier molecular flexibility index (Phi) is 6.29. The molecule has 1 saturated heterocycles. The molecule has 2 heterocycles. The molecule has 0 aliphatic carbocycles. The van der Waals surface area contributed by atoms with Crippen LogP contribution in [0.3, 0.4) is 0 Å². The van der Waals surface area contributed by atoms with Gasteiger partial charge in [-0.15, -0.1) is 0 Å². The quantitative estimate of drug-likeness (QED) is 0.677. The van der Waals surface area contributed by atoms with Gasteiger partial charge in [0, 0.05) is 42.8 Å². The highest BCUT2D eigenvalue weighted by Gasteiger charge is 2.46. The molecule has 6 nitrogen and oxygen atoms in total. The highest BCUT2D eigenvalue weighted by Crippen LogP contribution is 2.40. The predicted octanol–water partition coefficient (Wildman–Crippen LogP) is 4.36. The van der Waals surface area contributed by atoms with Crippen molar-refractivity contribution in [2.24, 2.45) is 0 Å². The van der Waals surface area contributed by atoms with E-state index < -0.39 is 5.79 Å². The van der Waals surface area contributed by atoms with Gasteiger partial charge in [-0.25, -0.2) is 0 Å². The molecule has 0 amide bonds. The third kappa shape index (κ3) is 4.62. The largest absolute Gasteiger partial charge is 0.491 e. The van der Waals surface area contributed by atoms with Crippen LogP contribution in [0.2, 0.25) is 10.0 Å². The standard InChI is InChI=1S/C22H25Cl2N3O3/c1-25-17-4-6-18(7-5-17)28-12-19-13-29-22(30-19,14-27-10-9-26(2)15-27)20-8-3-16(23)11-21(20)24/h3-11,19,25H,12-15H2,1-2H3/t19-,22-/m1/s1. The zero-order valence-corrected chi connectivity index (χ0v) is 18.5. The number of ether oxygens (including phenoxy) is 3. The summed E-state index contributed by atoms with van der Waals surface area (Å²) < 4.78 is 18.6. The van der Waals surface area contributed by atoms with Crippen LogP contribution in [-0.2, 0) is 15.3 Å². The van der Waals surface area contributed by atoms with Crippen molar-refractivity contribution in [1.82, 2.24) is 9.80 Å². The molecule has 2 aromatic rings. The number of rotatable bonds is 7. The van der Waals surface area contributed by atoms with Crippen LogP contribution in [0.25, 0.3) is 0 Å². The number of hydrogen-bond acceptors (Lipinski definition) is 6. The van der Waals surface area contributed by atoms with E-state index in [4.69, 9.17) is 37.4 Å². The van der Waals surface area contributed by atoms with Gasteiger partial charge in [-0.3, -0.25) is 0 Å². The van der Waals surface area contributed by atoms with Crippen molar-refractivity contribution in [3.05, 3.63) is 70.5 Å². The SMILES string of the molecule is CNc1ccc(OC[C@@H]2CO[C@@](CN3C=CN(C)C3)(c3ccc(Cl)cc3Cl)O2)cc1. The molecule has 2 atom stereocenters. The maximum Gasteiger partial charge on any atom is 0.215 e. The molecule has 4 rings (SSSR count). The van der Waals surface area contributed by atoms with Gasteiger partial charge in [0.1, 0.15) is 18.5 Å². The number of nitrogens with zero attached hydrogens (tertiary/aromatic N) is 2. The van der Waals surface area contributed by atoms with Gasteiger partial charge in [0.25, 0.3) is 0 Å². The Labute approximate surface area is 186 Å². The van der Waals surface area contributed by atoms with Crippen LogP contribution >= 0.6 is 23.2 Å². The summed E-state index contributed by atoms with van der Waals surface area (Å²) in [5.74, 6) is -0.218. The lowest BCUT2D eigenvalue weighted by molar-refractivity contribution is -0.188. The second-order valence-corrected chi connectivity index (χ2v) is 8.30. The molecular formula is C22H25Cl2N3O3. The molecule has 2 aliphatic heterocycles. The van der Waals surface area contributed by atoms with E-state index in [-0.39, 0.29) is 6.10 Å². The molecule has 2 aromatic carbocycles. The molecule has 1 fully saturated rings.